The summed E-state index contributed by atoms with van der Waals surface area (Å²) in [6.45, 7) is 8.18. The number of hydrogen-bond acceptors (Lipinski definition) is 4. The first-order valence-electron chi connectivity index (χ1n) is 6.04. The topological polar surface area (TPSA) is 64.9 Å². The van der Waals surface area contributed by atoms with Crippen molar-refractivity contribution in [2.75, 3.05) is 0 Å². The maximum atomic E-state index is 6.10. The molecule has 0 aliphatic rings. The van der Waals surface area contributed by atoms with Crippen molar-refractivity contribution in [3.05, 3.63) is 35.7 Å². The van der Waals surface area contributed by atoms with Crippen molar-refractivity contribution in [2.24, 2.45) is 11.1 Å². The summed E-state index contributed by atoms with van der Waals surface area (Å²) in [5.41, 5.74) is 8.11. The van der Waals surface area contributed by atoms with E-state index in [2.05, 4.69) is 10.1 Å². The van der Waals surface area contributed by atoms with E-state index < -0.39 is 0 Å². The van der Waals surface area contributed by atoms with E-state index in [-0.39, 0.29) is 11.5 Å². The molecule has 18 heavy (non-hydrogen) atoms. The van der Waals surface area contributed by atoms with Gasteiger partial charge < -0.3 is 10.3 Å². The standard InChI is InChI=1S/C14H19N3O/c1-9-6-5-7-10(8-9)12-16-13(18-17-12)11(15)14(2,3)4/h5-8,11H,15H2,1-4H3/t11-/m0/s1. The molecule has 0 saturated heterocycles. The number of rotatable bonds is 2. The predicted molar refractivity (Wildman–Crippen MR) is 70.9 cm³/mol. The van der Waals surface area contributed by atoms with Crippen LogP contribution in [0.2, 0.25) is 0 Å². The monoisotopic (exact) mass is 245 g/mol. The van der Waals surface area contributed by atoms with E-state index in [0.717, 1.165) is 5.56 Å². The summed E-state index contributed by atoms with van der Waals surface area (Å²) in [6.07, 6.45) is 0. The predicted octanol–water partition coefficient (Wildman–Crippen LogP) is 3.09. The number of benzene rings is 1. The molecule has 0 bridgehead atoms. The average Bonchev–Trinajstić information content (AvgIpc) is 2.75. The highest BCUT2D eigenvalue weighted by Gasteiger charge is 2.27. The highest BCUT2D eigenvalue weighted by molar-refractivity contribution is 5.55. The average molecular weight is 245 g/mol. The lowest BCUT2D eigenvalue weighted by molar-refractivity contribution is 0.253. The van der Waals surface area contributed by atoms with Gasteiger partial charge in [-0.2, -0.15) is 4.98 Å². The van der Waals surface area contributed by atoms with Crippen LogP contribution in [0.4, 0.5) is 0 Å². The van der Waals surface area contributed by atoms with E-state index >= 15 is 0 Å². The molecule has 4 nitrogen and oxygen atoms in total. The van der Waals surface area contributed by atoms with Crippen molar-refractivity contribution < 1.29 is 4.52 Å². The molecule has 2 rings (SSSR count). The number of hydrogen-bond donors (Lipinski definition) is 1. The van der Waals surface area contributed by atoms with Crippen LogP contribution in [0.25, 0.3) is 11.4 Å². The second kappa shape index (κ2) is 4.53. The number of nitrogens with zero attached hydrogens (tertiary/aromatic N) is 2. The minimum atomic E-state index is -0.261. The summed E-state index contributed by atoms with van der Waals surface area (Å²) < 4.78 is 5.26. The number of nitrogens with two attached hydrogens (primary N) is 1. The molecule has 4 heteroatoms. The zero-order valence-corrected chi connectivity index (χ0v) is 11.3. The highest BCUT2D eigenvalue weighted by Crippen LogP contribution is 2.30. The van der Waals surface area contributed by atoms with Crippen LogP contribution in [0.15, 0.2) is 28.8 Å². The SMILES string of the molecule is Cc1cccc(-c2noc([C@H](N)C(C)(C)C)n2)c1. The van der Waals surface area contributed by atoms with Crippen LogP contribution in [0.3, 0.4) is 0 Å². The molecule has 0 aliphatic heterocycles. The van der Waals surface area contributed by atoms with Crippen molar-refractivity contribution >= 4 is 0 Å². The molecule has 0 saturated carbocycles. The van der Waals surface area contributed by atoms with Crippen LogP contribution in [0.1, 0.15) is 38.3 Å². The molecular weight excluding hydrogens is 226 g/mol. The van der Waals surface area contributed by atoms with E-state index in [1.165, 1.54) is 5.56 Å². The lowest BCUT2D eigenvalue weighted by Crippen LogP contribution is -2.26. The van der Waals surface area contributed by atoms with E-state index in [9.17, 15) is 0 Å². The lowest BCUT2D eigenvalue weighted by Gasteiger charge is -2.23. The van der Waals surface area contributed by atoms with Crippen LogP contribution in [-0.2, 0) is 0 Å². The van der Waals surface area contributed by atoms with Gasteiger partial charge in [-0.1, -0.05) is 49.7 Å². The van der Waals surface area contributed by atoms with Gasteiger partial charge in [-0.15, -0.1) is 0 Å². The Morgan fingerprint density at radius 3 is 2.61 bits per heavy atom. The van der Waals surface area contributed by atoms with Crippen LogP contribution >= 0.6 is 0 Å². The van der Waals surface area contributed by atoms with Crippen LogP contribution in [0, 0.1) is 12.3 Å². The molecule has 0 fully saturated rings. The summed E-state index contributed by atoms with van der Waals surface area (Å²) in [6, 6.07) is 7.74. The summed E-state index contributed by atoms with van der Waals surface area (Å²) >= 11 is 0. The van der Waals surface area contributed by atoms with Gasteiger partial charge in [0.1, 0.15) is 0 Å². The number of aromatic nitrogens is 2. The van der Waals surface area contributed by atoms with Crippen molar-refractivity contribution in [2.45, 2.75) is 33.7 Å². The van der Waals surface area contributed by atoms with Crippen LogP contribution in [0.5, 0.6) is 0 Å². The zero-order valence-electron chi connectivity index (χ0n) is 11.3. The fourth-order valence-electron chi connectivity index (χ4n) is 1.63. The third kappa shape index (κ3) is 2.59. The summed E-state index contributed by atoms with van der Waals surface area (Å²) in [5.74, 6) is 1.08. The fourth-order valence-corrected chi connectivity index (χ4v) is 1.63. The Bertz CT molecular complexity index is 540. The van der Waals surface area contributed by atoms with Gasteiger partial charge in [-0.05, 0) is 18.4 Å². The van der Waals surface area contributed by atoms with Gasteiger partial charge in [0.25, 0.3) is 0 Å². The minimum absolute atomic E-state index is 0.101. The Balaban J connectivity index is 2.31. The molecule has 96 valence electrons. The van der Waals surface area contributed by atoms with Gasteiger partial charge in [-0.3, -0.25) is 0 Å². The molecule has 0 radical (unpaired) electrons. The minimum Gasteiger partial charge on any atom is -0.337 e. The van der Waals surface area contributed by atoms with Crippen molar-refractivity contribution in [3.8, 4) is 11.4 Å². The second-order valence-electron chi connectivity index (χ2n) is 5.67. The molecule has 2 N–H and O–H groups in total. The summed E-state index contributed by atoms with van der Waals surface area (Å²) in [7, 11) is 0. The van der Waals surface area contributed by atoms with Crippen LogP contribution < -0.4 is 5.73 Å². The quantitative estimate of drug-likeness (QED) is 0.883. The van der Waals surface area contributed by atoms with E-state index in [1.807, 2.05) is 52.0 Å². The van der Waals surface area contributed by atoms with E-state index in [4.69, 9.17) is 10.3 Å². The van der Waals surface area contributed by atoms with E-state index in [0.29, 0.717) is 11.7 Å². The summed E-state index contributed by atoms with van der Waals surface area (Å²) in [4.78, 5) is 4.39. The first-order valence-corrected chi connectivity index (χ1v) is 6.04. The van der Waals surface area contributed by atoms with Gasteiger partial charge in [0.2, 0.25) is 11.7 Å². The fraction of sp³-hybridized carbons (Fsp3) is 0.429. The highest BCUT2D eigenvalue weighted by atomic mass is 16.5. The van der Waals surface area contributed by atoms with E-state index in [1.54, 1.807) is 0 Å². The Kier molecular flexibility index (Phi) is 3.22. The molecule has 1 aromatic carbocycles. The molecule has 2 aromatic rings. The van der Waals surface area contributed by atoms with Gasteiger partial charge in [0.05, 0.1) is 6.04 Å². The zero-order chi connectivity index (χ0) is 13.3. The molecule has 0 aliphatic carbocycles. The lowest BCUT2D eigenvalue weighted by atomic mass is 9.87. The third-order valence-electron chi connectivity index (χ3n) is 2.92. The molecule has 1 heterocycles. The Labute approximate surface area is 107 Å². The van der Waals surface area contributed by atoms with Crippen molar-refractivity contribution in [3.63, 3.8) is 0 Å². The van der Waals surface area contributed by atoms with Gasteiger partial charge >= 0.3 is 0 Å². The maximum Gasteiger partial charge on any atom is 0.244 e. The first kappa shape index (κ1) is 12.8. The third-order valence-corrected chi connectivity index (χ3v) is 2.92. The summed E-state index contributed by atoms with van der Waals surface area (Å²) in [5, 5.41) is 4.00. The number of aryl methyl sites for hydroxylation is 1. The Morgan fingerprint density at radius 1 is 1.28 bits per heavy atom. The maximum absolute atomic E-state index is 6.10. The van der Waals surface area contributed by atoms with Gasteiger partial charge in [0.15, 0.2) is 0 Å². The Hall–Kier alpha value is -1.68. The van der Waals surface area contributed by atoms with Gasteiger partial charge in [0, 0.05) is 5.56 Å². The normalized spacial score (nSPS) is 13.6. The second-order valence-corrected chi connectivity index (χ2v) is 5.67. The molecule has 1 atom stereocenters. The van der Waals surface area contributed by atoms with Crippen molar-refractivity contribution in [1.29, 1.82) is 0 Å². The van der Waals surface area contributed by atoms with Crippen LogP contribution in [-0.4, -0.2) is 10.1 Å². The molecule has 0 unspecified atom stereocenters. The molecule has 1 aromatic heterocycles. The first-order chi connectivity index (χ1) is 8.38. The largest absolute Gasteiger partial charge is 0.337 e. The molecule has 0 spiro atoms. The smallest absolute Gasteiger partial charge is 0.244 e. The van der Waals surface area contributed by atoms with Gasteiger partial charge in [-0.25, -0.2) is 0 Å². The molecule has 0 amide bonds. The molecular formula is C14H19N3O. The van der Waals surface area contributed by atoms with Crippen molar-refractivity contribution in [1.82, 2.24) is 10.1 Å². The Morgan fingerprint density at radius 2 is 2.00 bits per heavy atom.